The van der Waals surface area contributed by atoms with E-state index in [1.54, 1.807) is 0 Å². The summed E-state index contributed by atoms with van der Waals surface area (Å²) in [7, 11) is 0. The zero-order valence-electron chi connectivity index (χ0n) is 11.0. The minimum atomic E-state index is 0. The molecule has 1 heterocycles. The van der Waals surface area contributed by atoms with Crippen molar-refractivity contribution in [1.82, 2.24) is 0 Å². The lowest BCUT2D eigenvalue weighted by Gasteiger charge is -2.37. The summed E-state index contributed by atoms with van der Waals surface area (Å²) in [6.07, 6.45) is 1.16. The monoisotopic (exact) mass is 299 g/mol. The number of nitrogens with one attached hydrogen (secondary N) is 1. The van der Waals surface area contributed by atoms with Crippen LogP contribution in [0.5, 0.6) is 5.75 Å². The molecule has 0 amide bonds. The second-order valence-corrected chi connectivity index (χ2v) is 5.30. The zero-order valence-corrected chi connectivity index (χ0v) is 12.8. The number of halogens is 1. The molecule has 0 aliphatic carbocycles. The van der Waals surface area contributed by atoms with Crippen molar-refractivity contribution in [3.8, 4) is 5.75 Å². The molecule has 1 aliphatic heterocycles. The van der Waals surface area contributed by atoms with E-state index in [0.29, 0.717) is 5.92 Å². The number of anilines is 1. The number of ether oxygens (including phenoxy) is 1. The van der Waals surface area contributed by atoms with Gasteiger partial charge in [-0.2, -0.15) is 0 Å². The maximum absolute atomic E-state index is 5.54. The van der Waals surface area contributed by atoms with Gasteiger partial charge in [0.1, 0.15) is 5.75 Å². The zero-order chi connectivity index (χ0) is 11.8. The van der Waals surface area contributed by atoms with Crippen LogP contribution in [0, 0.1) is 0 Å². The lowest BCUT2D eigenvalue weighted by Crippen LogP contribution is -2.36. The van der Waals surface area contributed by atoms with E-state index in [1.165, 1.54) is 11.3 Å². The van der Waals surface area contributed by atoms with E-state index >= 15 is 0 Å². The standard InChI is InChI=1S/C14H21NO.BrH/c1-5-16-11-6-7-13-12(8-11)10(2)9-14(3,4)15-13;/h6-8,10,15H,5,9H2,1-4H3;1H. The van der Waals surface area contributed by atoms with Crippen LogP contribution in [0.15, 0.2) is 18.2 Å². The van der Waals surface area contributed by atoms with E-state index in [2.05, 4.69) is 38.2 Å². The van der Waals surface area contributed by atoms with Crippen LogP contribution in [0.2, 0.25) is 0 Å². The van der Waals surface area contributed by atoms with E-state index in [-0.39, 0.29) is 22.5 Å². The van der Waals surface area contributed by atoms with Gasteiger partial charge in [-0.1, -0.05) is 6.92 Å². The van der Waals surface area contributed by atoms with Gasteiger partial charge in [0.25, 0.3) is 0 Å². The van der Waals surface area contributed by atoms with Gasteiger partial charge in [0.15, 0.2) is 0 Å². The fourth-order valence-corrected chi connectivity index (χ4v) is 2.61. The van der Waals surface area contributed by atoms with Gasteiger partial charge in [0.2, 0.25) is 0 Å². The minimum Gasteiger partial charge on any atom is -0.494 e. The molecule has 0 saturated heterocycles. The number of benzene rings is 1. The number of hydrogen-bond acceptors (Lipinski definition) is 2. The number of fused-ring (bicyclic) bond motifs is 1. The van der Waals surface area contributed by atoms with Crippen molar-refractivity contribution < 1.29 is 4.74 Å². The molecule has 0 radical (unpaired) electrons. The Kier molecular flexibility index (Phi) is 4.48. The molecule has 1 aromatic rings. The molecule has 96 valence electrons. The Bertz CT molecular complexity index is 390. The maximum atomic E-state index is 5.54. The molecule has 3 heteroatoms. The van der Waals surface area contributed by atoms with Crippen LogP contribution in [0.1, 0.15) is 45.6 Å². The van der Waals surface area contributed by atoms with Crippen molar-refractivity contribution >= 4 is 22.7 Å². The third kappa shape index (κ3) is 3.15. The van der Waals surface area contributed by atoms with Crippen LogP contribution in [0.4, 0.5) is 5.69 Å². The Morgan fingerprint density at radius 3 is 2.76 bits per heavy atom. The van der Waals surface area contributed by atoms with Gasteiger partial charge < -0.3 is 10.1 Å². The van der Waals surface area contributed by atoms with Crippen LogP contribution in [0.25, 0.3) is 0 Å². The molecular weight excluding hydrogens is 278 g/mol. The topological polar surface area (TPSA) is 21.3 Å². The first-order valence-electron chi connectivity index (χ1n) is 6.07. The van der Waals surface area contributed by atoms with Crippen molar-refractivity contribution in [2.45, 2.75) is 45.6 Å². The highest BCUT2D eigenvalue weighted by molar-refractivity contribution is 8.93. The Hall–Kier alpha value is -0.700. The lowest BCUT2D eigenvalue weighted by atomic mass is 9.82. The second-order valence-electron chi connectivity index (χ2n) is 5.30. The van der Waals surface area contributed by atoms with Gasteiger partial charge in [0, 0.05) is 11.2 Å². The molecule has 1 aromatic carbocycles. The summed E-state index contributed by atoms with van der Waals surface area (Å²) in [6, 6.07) is 6.35. The van der Waals surface area contributed by atoms with Crippen LogP contribution >= 0.6 is 17.0 Å². The summed E-state index contributed by atoms with van der Waals surface area (Å²) >= 11 is 0. The normalized spacial score (nSPS) is 20.8. The van der Waals surface area contributed by atoms with Crippen molar-refractivity contribution in [3.63, 3.8) is 0 Å². The van der Waals surface area contributed by atoms with Crippen molar-refractivity contribution in [2.75, 3.05) is 11.9 Å². The average Bonchev–Trinajstić information content (AvgIpc) is 2.18. The second kappa shape index (κ2) is 5.30. The summed E-state index contributed by atoms with van der Waals surface area (Å²) in [5, 5.41) is 3.58. The van der Waals surface area contributed by atoms with Crippen LogP contribution in [-0.4, -0.2) is 12.1 Å². The summed E-state index contributed by atoms with van der Waals surface area (Å²) in [4.78, 5) is 0. The predicted molar refractivity (Wildman–Crippen MR) is 78.7 cm³/mol. The molecule has 0 fully saturated rings. The minimum absolute atomic E-state index is 0. The largest absolute Gasteiger partial charge is 0.494 e. The first-order valence-corrected chi connectivity index (χ1v) is 6.07. The molecule has 0 bridgehead atoms. The lowest BCUT2D eigenvalue weighted by molar-refractivity contribution is 0.339. The van der Waals surface area contributed by atoms with Crippen LogP contribution in [0.3, 0.4) is 0 Å². The number of hydrogen-bond donors (Lipinski definition) is 1. The predicted octanol–water partition coefficient (Wildman–Crippen LogP) is 4.36. The fraction of sp³-hybridized carbons (Fsp3) is 0.571. The quantitative estimate of drug-likeness (QED) is 0.876. The smallest absolute Gasteiger partial charge is 0.119 e. The molecular formula is C14H22BrNO. The molecule has 1 aliphatic rings. The summed E-state index contributed by atoms with van der Waals surface area (Å²) in [6.45, 7) is 9.54. The fourth-order valence-electron chi connectivity index (χ4n) is 2.61. The molecule has 2 nitrogen and oxygen atoms in total. The molecule has 0 spiro atoms. The number of rotatable bonds is 2. The average molecular weight is 300 g/mol. The van der Waals surface area contributed by atoms with E-state index < -0.39 is 0 Å². The summed E-state index contributed by atoms with van der Waals surface area (Å²) < 4.78 is 5.54. The molecule has 1 atom stereocenters. The highest BCUT2D eigenvalue weighted by atomic mass is 79.9. The summed E-state index contributed by atoms with van der Waals surface area (Å²) in [5.41, 5.74) is 2.83. The van der Waals surface area contributed by atoms with E-state index in [1.807, 2.05) is 13.0 Å². The molecule has 2 rings (SSSR count). The Labute approximate surface area is 115 Å². The van der Waals surface area contributed by atoms with Gasteiger partial charge in [0.05, 0.1) is 6.61 Å². The van der Waals surface area contributed by atoms with E-state index in [9.17, 15) is 0 Å². The first kappa shape index (κ1) is 14.4. The third-order valence-electron chi connectivity index (χ3n) is 3.15. The third-order valence-corrected chi connectivity index (χ3v) is 3.15. The van der Waals surface area contributed by atoms with Crippen molar-refractivity contribution in [3.05, 3.63) is 23.8 Å². The van der Waals surface area contributed by atoms with Crippen molar-refractivity contribution in [1.29, 1.82) is 0 Å². The van der Waals surface area contributed by atoms with E-state index in [4.69, 9.17) is 4.74 Å². The maximum Gasteiger partial charge on any atom is 0.119 e. The van der Waals surface area contributed by atoms with Gasteiger partial charge in [-0.15, -0.1) is 17.0 Å². The Morgan fingerprint density at radius 2 is 2.12 bits per heavy atom. The van der Waals surface area contributed by atoms with Gasteiger partial charge in [-0.25, -0.2) is 0 Å². The van der Waals surface area contributed by atoms with Gasteiger partial charge in [-0.3, -0.25) is 0 Å². The van der Waals surface area contributed by atoms with E-state index in [0.717, 1.165) is 18.8 Å². The molecule has 0 aromatic heterocycles. The summed E-state index contributed by atoms with van der Waals surface area (Å²) in [5.74, 6) is 1.57. The first-order chi connectivity index (χ1) is 7.52. The van der Waals surface area contributed by atoms with Crippen LogP contribution in [-0.2, 0) is 0 Å². The Balaban J connectivity index is 0.00000144. The molecule has 0 saturated carbocycles. The SMILES string of the molecule is Br.CCOc1ccc2c(c1)C(C)CC(C)(C)N2. The highest BCUT2D eigenvalue weighted by Crippen LogP contribution is 2.39. The molecule has 1 N–H and O–H groups in total. The van der Waals surface area contributed by atoms with Crippen molar-refractivity contribution in [2.24, 2.45) is 0 Å². The highest BCUT2D eigenvalue weighted by Gasteiger charge is 2.29. The van der Waals surface area contributed by atoms with Gasteiger partial charge in [-0.05, 0) is 56.9 Å². The van der Waals surface area contributed by atoms with Gasteiger partial charge >= 0.3 is 0 Å². The Morgan fingerprint density at radius 1 is 1.41 bits per heavy atom. The van der Waals surface area contributed by atoms with Crippen LogP contribution < -0.4 is 10.1 Å². The molecule has 17 heavy (non-hydrogen) atoms. The molecule has 1 unspecified atom stereocenters.